The summed E-state index contributed by atoms with van der Waals surface area (Å²) in [4.78, 5) is 0. The molecule has 16 heavy (non-hydrogen) atoms. The van der Waals surface area contributed by atoms with Crippen LogP contribution in [0.4, 0.5) is 4.39 Å². The van der Waals surface area contributed by atoms with Gasteiger partial charge in [0.05, 0.1) is 0 Å². The highest BCUT2D eigenvalue weighted by atomic mass is 19.1. The normalized spacial score (nSPS) is 10.6. The lowest BCUT2D eigenvalue weighted by atomic mass is 10.2. The summed E-state index contributed by atoms with van der Waals surface area (Å²) >= 11 is 0. The Hall–Kier alpha value is -1.61. The van der Waals surface area contributed by atoms with Gasteiger partial charge in [-0.05, 0) is 17.7 Å². The first kappa shape index (κ1) is 10.9. The maximum Gasteiger partial charge on any atom is 0.127 e. The fraction of sp³-hybridized carbons (Fsp3) is 0.231. The minimum absolute atomic E-state index is 0.150. The van der Waals surface area contributed by atoms with E-state index in [4.69, 9.17) is 0 Å². The van der Waals surface area contributed by atoms with Gasteiger partial charge in [0, 0.05) is 38.1 Å². The average Bonchev–Trinajstić information content (AvgIpc) is 2.67. The zero-order valence-corrected chi connectivity index (χ0v) is 9.28. The lowest BCUT2D eigenvalue weighted by Crippen LogP contribution is -2.13. The highest BCUT2D eigenvalue weighted by Crippen LogP contribution is 2.06. The third-order valence-electron chi connectivity index (χ3n) is 2.50. The SMILES string of the molecule is Cn1ccc(CNCc2ccccc2F)c1. The Kier molecular flexibility index (Phi) is 3.37. The van der Waals surface area contributed by atoms with Gasteiger partial charge in [-0.15, -0.1) is 0 Å². The average molecular weight is 218 g/mol. The van der Waals surface area contributed by atoms with Gasteiger partial charge < -0.3 is 9.88 Å². The molecule has 0 unspecified atom stereocenters. The molecule has 0 saturated carbocycles. The number of halogens is 1. The molecule has 84 valence electrons. The molecular weight excluding hydrogens is 203 g/mol. The second-order valence-corrected chi connectivity index (χ2v) is 3.88. The summed E-state index contributed by atoms with van der Waals surface area (Å²) in [6.07, 6.45) is 4.05. The van der Waals surface area contributed by atoms with Gasteiger partial charge in [0.2, 0.25) is 0 Å². The van der Waals surface area contributed by atoms with Gasteiger partial charge in [-0.1, -0.05) is 18.2 Å². The van der Waals surface area contributed by atoms with Crippen molar-refractivity contribution in [3.8, 4) is 0 Å². The Labute approximate surface area is 94.7 Å². The van der Waals surface area contributed by atoms with Crippen molar-refractivity contribution in [2.45, 2.75) is 13.1 Å². The van der Waals surface area contributed by atoms with Gasteiger partial charge in [-0.3, -0.25) is 0 Å². The molecule has 0 saturated heterocycles. The van der Waals surface area contributed by atoms with Crippen molar-refractivity contribution in [2.24, 2.45) is 7.05 Å². The van der Waals surface area contributed by atoms with E-state index in [0.29, 0.717) is 12.1 Å². The molecule has 0 radical (unpaired) electrons. The van der Waals surface area contributed by atoms with Crippen LogP contribution in [-0.2, 0) is 20.1 Å². The number of aromatic nitrogens is 1. The Bertz CT molecular complexity index is 462. The summed E-state index contributed by atoms with van der Waals surface area (Å²) in [5, 5.41) is 3.22. The van der Waals surface area contributed by atoms with E-state index in [2.05, 4.69) is 5.32 Å². The second-order valence-electron chi connectivity index (χ2n) is 3.88. The molecule has 0 aliphatic heterocycles. The van der Waals surface area contributed by atoms with E-state index < -0.39 is 0 Å². The van der Waals surface area contributed by atoms with E-state index in [1.165, 1.54) is 11.6 Å². The maximum atomic E-state index is 13.3. The minimum Gasteiger partial charge on any atom is -0.357 e. The van der Waals surface area contributed by atoms with E-state index in [1.54, 1.807) is 12.1 Å². The van der Waals surface area contributed by atoms with Crippen molar-refractivity contribution in [3.05, 3.63) is 59.7 Å². The molecule has 1 heterocycles. The van der Waals surface area contributed by atoms with E-state index >= 15 is 0 Å². The number of nitrogens with zero attached hydrogens (tertiary/aromatic N) is 1. The summed E-state index contributed by atoms with van der Waals surface area (Å²) in [6.45, 7) is 1.32. The maximum absolute atomic E-state index is 13.3. The first-order valence-corrected chi connectivity index (χ1v) is 5.30. The summed E-state index contributed by atoms with van der Waals surface area (Å²) in [5.41, 5.74) is 1.91. The minimum atomic E-state index is -0.150. The number of aryl methyl sites for hydroxylation is 1. The van der Waals surface area contributed by atoms with Crippen molar-refractivity contribution in [1.82, 2.24) is 9.88 Å². The molecule has 2 aromatic rings. The first-order chi connectivity index (χ1) is 7.75. The van der Waals surface area contributed by atoms with Crippen LogP contribution in [0.1, 0.15) is 11.1 Å². The van der Waals surface area contributed by atoms with Crippen LogP contribution in [0, 0.1) is 5.82 Å². The fourth-order valence-electron chi connectivity index (χ4n) is 1.65. The van der Waals surface area contributed by atoms with Crippen molar-refractivity contribution in [3.63, 3.8) is 0 Å². The summed E-state index contributed by atoms with van der Waals surface area (Å²) < 4.78 is 15.3. The van der Waals surface area contributed by atoms with Gasteiger partial charge in [0.15, 0.2) is 0 Å². The van der Waals surface area contributed by atoms with Crippen molar-refractivity contribution >= 4 is 0 Å². The molecule has 0 fully saturated rings. The third kappa shape index (κ3) is 2.70. The summed E-state index contributed by atoms with van der Waals surface area (Å²) in [7, 11) is 1.99. The van der Waals surface area contributed by atoms with Gasteiger partial charge >= 0.3 is 0 Å². The molecule has 1 N–H and O–H groups in total. The van der Waals surface area contributed by atoms with Crippen molar-refractivity contribution < 1.29 is 4.39 Å². The van der Waals surface area contributed by atoms with E-state index in [0.717, 1.165) is 6.54 Å². The zero-order chi connectivity index (χ0) is 11.4. The number of hydrogen-bond donors (Lipinski definition) is 1. The molecule has 1 aromatic heterocycles. The van der Waals surface area contributed by atoms with Crippen LogP contribution in [0.15, 0.2) is 42.7 Å². The van der Waals surface area contributed by atoms with Crippen LogP contribution in [0.2, 0.25) is 0 Å². The molecule has 0 aliphatic rings. The standard InChI is InChI=1S/C13H15FN2/c1-16-7-6-11(10-16)8-15-9-12-4-2-3-5-13(12)14/h2-7,10,15H,8-9H2,1H3. The van der Waals surface area contributed by atoms with Gasteiger partial charge in [-0.25, -0.2) is 4.39 Å². The van der Waals surface area contributed by atoms with E-state index in [-0.39, 0.29) is 5.82 Å². The monoisotopic (exact) mass is 218 g/mol. The molecule has 0 aliphatic carbocycles. The van der Waals surface area contributed by atoms with Crippen LogP contribution in [0.5, 0.6) is 0 Å². The Balaban J connectivity index is 1.87. The van der Waals surface area contributed by atoms with Crippen molar-refractivity contribution in [2.75, 3.05) is 0 Å². The zero-order valence-electron chi connectivity index (χ0n) is 9.28. The lowest BCUT2D eigenvalue weighted by molar-refractivity contribution is 0.588. The Morgan fingerprint density at radius 3 is 2.69 bits per heavy atom. The van der Waals surface area contributed by atoms with E-state index in [9.17, 15) is 4.39 Å². The van der Waals surface area contributed by atoms with Crippen LogP contribution >= 0.6 is 0 Å². The van der Waals surface area contributed by atoms with Gasteiger partial charge in [-0.2, -0.15) is 0 Å². The van der Waals surface area contributed by atoms with E-state index in [1.807, 2.05) is 36.1 Å². The molecule has 2 rings (SSSR count). The fourth-order valence-corrected chi connectivity index (χ4v) is 1.65. The Morgan fingerprint density at radius 2 is 2.00 bits per heavy atom. The molecule has 0 bridgehead atoms. The topological polar surface area (TPSA) is 17.0 Å². The highest BCUT2D eigenvalue weighted by Gasteiger charge is 2.00. The van der Waals surface area contributed by atoms with Crippen molar-refractivity contribution in [1.29, 1.82) is 0 Å². The van der Waals surface area contributed by atoms with Crippen LogP contribution in [0.3, 0.4) is 0 Å². The summed E-state index contributed by atoms with van der Waals surface area (Å²) in [6, 6.07) is 8.89. The number of nitrogens with one attached hydrogen (secondary N) is 1. The quantitative estimate of drug-likeness (QED) is 0.834. The predicted octanol–water partition coefficient (Wildman–Crippen LogP) is 2.45. The predicted molar refractivity (Wildman–Crippen MR) is 62.4 cm³/mol. The highest BCUT2D eigenvalue weighted by molar-refractivity contribution is 5.17. The molecule has 0 atom stereocenters. The molecule has 1 aromatic carbocycles. The third-order valence-corrected chi connectivity index (χ3v) is 2.50. The molecule has 2 nitrogen and oxygen atoms in total. The van der Waals surface area contributed by atoms with Gasteiger partial charge in [0.1, 0.15) is 5.82 Å². The first-order valence-electron chi connectivity index (χ1n) is 5.30. The molecule has 0 amide bonds. The number of hydrogen-bond acceptors (Lipinski definition) is 1. The number of rotatable bonds is 4. The Morgan fingerprint density at radius 1 is 1.19 bits per heavy atom. The van der Waals surface area contributed by atoms with Gasteiger partial charge in [0.25, 0.3) is 0 Å². The molecule has 3 heteroatoms. The van der Waals surface area contributed by atoms with Crippen LogP contribution < -0.4 is 5.32 Å². The molecular formula is C13H15FN2. The van der Waals surface area contributed by atoms with Crippen LogP contribution in [0.25, 0.3) is 0 Å². The van der Waals surface area contributed by atoms with Crippen LogP contribution in [-0.4, -0.2) is 4.57 Å². The largest absolute Gasteiger partial charge is 0.357 e. The molecule has 0 spiro atoms. The lowest BCUT2D eigenvalue weighted by Gasteiger charge is -2.04. The number of benzene rings is 1. The summed E-state index contributed by atoms with van der Waals surface area (Å²) in [5.74, 6) is -0.150. The second kappa shape index (κ2) is 4.94. The smallest absolute Gasteiger partial charge is 0.127 e.